The Morgan fingerprint density at radius 3 is 1.44 bits per heavy atom. The molecule has 0 atom stereocenters. The molecular weight excluding hydrogens is 663 g/mol. The Morgan fingerprint density at radius 2 is 0.727 bits per heavy atom. The zero-order chi connectivity index (χ0) is 36.6. The fourth-order valence-electron chi connectivity index (χ4n) is 8.26. The first-order chi connectivity index (χ1) is 27.3. The van der Waals surface area contributed by atoms with Crippen LogP contribution >= 0.6 is 0 Å². The summed E-state index contributed by atoms with van der Waals surface area (Å²) in [5.74, 6) is 0. The summed E-state index contributed by atoms with van der Waals surface area (Å²) in [6, 6.07) is 81.5. The van der Waals surface area contributed by atoms with Crippen molar-refractivity contribution >= 4 is 49.4 Å². The second kappa shape index (κ2) is 14.0. The van der Waals surface area contributed by atoms with Crippen molar-refractivity contribution < 1.29 is 0 Å². The van der Waals surface area contributed by atoms with Gasteiger partial charge in [-0.15, -0.1) is 0 Å². The first-order valence-electron chi connectivity index (χ1n) is 18.9. The third-order valence-electron chi connectivity index (χ3n) is 10.9. The summed E-state index contributed by atoms with van der Waals surface area (Å²) in [7, 11) is 0. The van der Waals surface area contributed by atoms with Crippen LogP contribution in [-0.4, -0.2) is 0 Å². The average molecular weight is 700 g/mol. The van der Waals surface area contributed by atoms with Gasteiger partial charge in [0.25, 0.3) is 0 Å². The van der Waals surface area contributed by atoms with E-state index < -0.39 is 0 Å². The highest BCUT2D eigenvalue weighted by molar-refractivity contribution is 6.16. The van der Waals surface area contributed by atoms with Gasteiger partial charge in [0.15, 0.2) is 0 Å². The van der Waals surface area contributed by atoms with Crippen LogP contribution in [0.5, 0.6) is 0 Å². The SMILES string of the molecule is c1ccc(-c2ccc(N(c3ccc(-c4cccc5ccccc45)cc3)c3cccc(-c4ccccc4)c3-c3cc4ccccc4c4ccccc34)cc2)cc1. The van der Waals surface area contributed by atoms with Gasteiger partial charge < -0.3 is 4.90 Å². The van der Waals surface area contributed by atoms with Crippen LogP contribution in [0.3, 0.4) is 0 Å². The highest BCUT2D eigenvalue weighted by Crippen LogP contribution is 2.48. The third kappa shape index (κ3) is 5.93. The molecule has 0 unspecified atom stereocenters. The van der Waals surface area contributed by atoms with Crippen LogP contribution in [0.15, 0.2) is 224 Å². The Labute approximate surface area is 322 Å². The van der Waals surface area contributed by atoms with E-state index in [1.54, 1.807) is 0 Å². The molecule has 1 nitrogen and oxygen atoms in total. The van der Waals surface area contributed by atoms with Gasteiger partial charge in [-0.05, 0) is 108 Å². The summed E-state index contributed by atoms with van der Waals surface area (Å²) in [6.07, 6.45) is 0. The molecule has 0 saturated carbocycles. The van der Waals surface area contributed by atoms with E-state index in [1.807, 2.05) is 0 Å². The molecule has 0 amide bonds. The van der Waals surface area contributed by atoms with Gasteiger partial charge in [-0.25, -0.2) is 0 Å². The van der Waals surface area contributed by atoms with Crippen molar-refractivity contribution in [2.24, 2.45) is 0 Å². The van der Waals surface area contributed by atoms with Gasteiger partial charge in [0.05, 0.1) is 5.69 Å². The number of nitrogens with zero attached hydrogens (tertiary/aromatic N) is 1. The van der Waals surface area contributed by atoms with Crippen LogP contribution < -0.4 is 4.90 Å². The van der Waals surface area contributed by atoms with Crippen molar-refractivity contribution in [1.82, 2.24) is 0 Å². The molecule has 0 aromatic heterocycles. The molecule has 0 spiro atoms. The van der Waals surface area contributed by atoms with Crippen LogP contribution in [0.25, 0.3) is 76.8 Å². The fourth-order valence-corrected chi connectivity index (χ4v) is 8.26. The van der Waals surface area contributed by atoms with E-state index in [-0.39, 0.29) is 0 Å². The van der Waals surface area contributed by atoms with E-state index >= 15 is 0 Å². The van der Waals surface area contributed by atoms with Crippen molar-refractivity contribution in [2.45, 2.75) is 0 Å². The smallest absolute Gasteiger partial charge is 0.0546 e. The summed E-state index contributed by atoms with van der Waals surface area (Å²) < 4.78 is 0. The molecular formula is C54H37N. The lowest BCUT2D eigenvalue weighted by Gasteiger charge is -2.30. The summed E-state index contributed by atoms with van der Waals surface area (Å²) in [4.78, 5) is 2.44. The Morgan fingerprint density at radius 1 is 0.255 bits per heavy atom. The van der Waals surface area contributed by atoms with E-state index in [2.05, 4.69) is 229 Å². The van der Waals surface area contributed by atoms with Gasteiger partial charge >= 0.3 is 0 Å². The Balaban J connectivity index is 1.23. The quantitative estimate of drug-likeness (QED) is 0.150. The highest BCUT2D eigenvalue weighted by atomic mass is 15.1. The lowest BCUT2D eigenvalue weighted by atomic mass is 9.87. The van der Waals surface area contributed by atoms with Crippen molar-refractivity contribution in [3.8, 4) is 44.5 Å². The number of hydrogen-bond acceptors (Lipinski definition) is 1. The van der Waals surface area contributed by atoms with E-state index in [1.165, 1.54) is 76.8 Å². The summed E-state index contributed by atoms with van der Waals surface area (Å²) in [6.45, 7) is 0. The van der Waals surface area contributed by atoms with Crippen LogP contribution in [0, 0.1) is 0 Å². The molecule has 0 heterocycles. The average Bonchev–Trinajstić information content (AvgIpc) is 3.27. The number of rotatable bonds is 7. The molecule has 0 aliphatic heterocycles. The maximum atomic E-state index is 2.44. The maximum Gasteiger partial charge on any atom is 0.0546 e. The lowest BCUT2D eigenvalue weighted by Crippen LogP contribution is -2.12. The molecule has 1 heteroatoms. The highest BCUT2D eigenvalue weighted by Gasteiger charge is 2.23. The van der Waals surface area contributed by atoms with Crippen molar-refractivity contribution in [2.75, 3.05) is 4.90 Å². The largest absolute Gasteiger partial charge is 0.310 e. The Hall–Kier alpha value is -7.22. The molecule has 0 fully saturated rings. The Bertz CT molecular complexity index is 2940. The first kappa shape index (κ1) is 32.4. The molecule has 258 valence electrons. The molecule has 0 N–H and O–H groups in total. The topological polar surface area (TPSA) is 3.24 Å². The molecule has 10 aromatic carbocycles. The van der Waals surface area contributed by atoms with Crippen molar-refractivity contribution in [3.63, 3.8) is 0 Å². The van der Waals surface area contributed by atoms with Crippen molar-refractivity contribution in [1.29, 1.82) is 0 Å². The second-order valence-corrected chi connectivity index (χ2v) is 14.1. The molecule has 10 aromatic rings. The zero-order valence-corrected chi connectivity index (χ0v) is 30.3. The number of benzene rings is 10. The normalized spacial score (nSPS) is 11.3. The predicted molar refractivity (Wildman–Crippen MR) is 235 cm³/mol. The minimum absolute atomic E-state index is 1.09. The van der Waals surface area contributed by atoms with Gasteiger partial charge in [0.1, 0.15) is 0 Å². The molecule has 0 bridgehead atoms. The minimum Gasteiger partial charge on any atom is -0.310 e. The van der Waals surface area contributed by atoms with Gasteiger partial charge in [-0.3, -0.25) is 0 Å². The fraction of sp³-hybridized carbons (Fsp3) is 0. The molecule has 55 heavy (non-hydrogen) atoms. The molecule has 10 rings (SSSR count). The van der Waals surface area contributed by atoms with Gasteiger partial charge in [0.2, 0.25) is 0 Å². The van der Waals surface area contributed by atoms with E-state index in [0.29, 0.717) is 0 Å². The molecule has 0 aliphatic rings. The van der Waals surface area contributed by atoms with E-state index in [4.69, 9.17) is 0 Å². The summed E-state index contributed by atoms with van der Waals surface area (Å²) in [5, 5.41) is 7.47. The zero-order valence-electron chi connectivity index (χ0n) is 30.3. The maximum absolute atomic E-state index is 2.44. The predicted octanol–water partition coefficient (Wildman–Crippen LogP) is 15.3. The third-order valence-corrected chi connectivity index (χ3v) is 10.9. The second-order valence-electron chi connectivity index (χ2n) is 14.1. The molecule has 0 aliphatic carbocycles. The Kier molecular flexibility index (Phi) is 8.24. The van der Waals surface area contributed by atoms with Crippen LogP contribution in [-0.2, 0) is 0 Å². The van der Waals surface area contributed by atoms with Gasteiger partial charge in [-0.2, -0.15) is 0 Å². The van der Waals surface area contributed by atoms with E-state index in [9.17, 15) is 0 Å². The van der Waals surface area contributed by atoms with Gasteiger partial charge in [-0.1, -0.05) is 188 Å². The monoisotopic (exact) mass is 699 g/mol. The lowest BCUT2D eigenvalue weighted by molar-refractivity contribution is 1.28. The van der Waals surface area contributed by atoms with Crippen LogP contribution in [0.2, 0.25) is 0 Å². The van der Waals surface area contributed by atoms with Gasteiger partial charge in [0, 0.05) is 16.9 Å². The molecule has 0 radical (unpaired) electrons. The van der Waals surface area contributed by atoms with Crippen molar-refractivity contribution in [3.05, 3.63) is 224 Å². The minimum atomic E-state index is 1.09. The van der Waals surface area contributed by atoms with Crippen LogP contribution in [0.1, 0.15) is 0 Å². The number of fused-ring (bicyclic) bond motifs is 4. The summed E-state index contributed by atoms with van der Waals surface area (Å²) in [5.41, 5.74) is 12.9. The standard InChI is InChI=1S/C54H37N/c1-3-15-38(16-4-1)39-29-33-44(34-30-39)55(45-35-31-42(32-36-45)47-26-13-21-40-19-7-9-22-46(40)47)53-28-14-27-49(41-17-5-2-6-18-41)54(53)52-37-43-20-8-10-23-48(43)50-24-11-12-25-51(50)52/h1-37H. The summed E-state index contributed by atoms with van der Waals surface area (Å²) >= 11 is 0. The number of anilines is 3. The molecule has 0 saturated heterocycles. The van der Waals surface area contributed by atoms with Crippen LogP contribution in [0.4, 0.5) is 17.1 Å². The number of hydrogen-bond donors (Lipinski definition) is 0. The first-order valence-corrected chi connectivity index (χ1v) is 18.9. The van der Waals surface area contributed by atoms with E-state index in [0.717, 1.165) is 17.1 Å².